The average Bonchev–Trinajstić information content (AvgIpc) is 3.34. The molecule has 6 nitrogen and oxygen atoms in total. The van der Waals surface area contributed by atoms with Crippen LogP contribution in [0.2, 0.25) is 0 Å². The standard InChI is InChI=1S/C22H24N4O2/c1-25-13-18(12-24-25)14-26-15-20(26)16-28-21-9-5-8-19(10-21)22(27)23-11-17-6-3-2-4-7-17/h2-10,12-13,20H,11,14-16H2,1H3,(H,23,27). The number of aryl methyl sites for hydroxylation is 1. The van der Waals surface area contributed by atoms with Crippen molar-refractivity contribution in [2.45, 2.75) is 19.1 Å². The predicted octanol–water partition coefficient (Wildman–Crippen LogP) is 2.61. The fourth-order valence-electron chi connectivity index (χ4n) is 3.16. The third-order valence-corrected chi connectivity index (χ3v) is 4.81. The molecule has 1 N–H and O–H groups in total. The molecule has 0 spiro atoms. The molecule has 1 aliphatic rings. The Bertz CT molecular complexity index is 938. The van der Waals surface area contributed by atoms with Crippen LogP contribution in [0.5, 0.6) is 5.75 Å². The topological polar surface area (TPSA) is 59.2 Å². The summed E-state index contributed by atoms with van der Waals surface area (Å²) in [5, 5.41) is 7.14. The van der Waals surface area contributed by atoms with E-state index in [-0.39, 0.29) is 5.91 Å². The molecule has 1 amide bonds. The van der Waals surface area contributed by atoms with E-state index in [9.17, 15) is 4.79 Å². The molecule has 4 rings (SSSR count). The lowest BCUT2D eigenvalue weighted by molar-refractivity contribution is 0.0950. The summed E-state index contributed by atoms with van der Waals surface area (Å²) in [5.74, 6) is 0.625. The number of ether oxygens (including phenoxy) is 1. The second-order valence-corrected chi connectivity index (χ2v) is 7.11. The summed E-state index contributed by atoms with van der Waals surface area (Å²) >= 11 is 0. The second-order valence-electron chi connectivity index (χ2n) is 7.11. The van der Waals surface area contributed by atoms with Crippen LogP contribution in [0.1, 0.15) is 21.5 Å². The van der Waals surface area contributed by atoms with Crippen LogP contribution in [-0.2, 0) is 20.1 Å². The lowest BCUT2D eigenvalue weighted by Crippen LogP contribution is -2.22. The second kappa shape index (κ2) is 8.27. The monoisotopic (exact) mass is 376 g/mol. The van der Waals surface area contributed by atoms with Crippen LogP contribution in [0, 0.1) is 0 Å². The first-order valence-corrected chi connectivity index (χ1v) is 9.44. The van der Waals surface area contributed by atoms with Crippen molar-refractivity contribution in [1.82, 2.24) is 20.0 Å². The number of carbonyl (C=O) groups excluding carboxylic acids is 1. The Morgan fingerprint density at radius 3 is 2.82 bits per heavy atom. The van der Waals surface area contributed by atoms with Crippen molar-refractivity contribution >= 4 is 5.91 Å². The van der Waals surface area contributed by atoms with E-state index in [1.807, 2.05) is 66.6 Å². The first kappa shape index (κ1) is 18.3. The average molecular weight is 376 g/mol. The molecule has 144 valence electrons. The number of hydrogen-bond donors (Lipinski definition) is 1. The van der Waals surface area contributed by atoms with Gasteiger partial charge in [0, 0.05) is 44.0 Å². The largest absolute Gasteiger partial charge is 0.492 e. The number of aromatic nitrogens is 2. The Labute approximate surface area is 164 Å². The van der Waals surface area contributed by atoms with Crippen molar-refractivity contribution < 1.29 is 9.53 Å². The molecule has 3 aromatic rings. The first-order valence-electron chi connectivity index (χ1n) is 9.44. The molecule has 1 fully saturated rings. The van der Waals surface area contributed by atoms with Crippen molar-refractivity contribution in [2.24, 2.45) is 7.05 Å². The van der Waals surface area contributed by atoms with E-state index in [0.717, 1.165) is 24.4 Å². The minimum atomic E-state index is -0.0982. The van der Waals surface area contributed by atoms with E-state index in [1.54, 1.807) is 12.1 Å². The maximum absolute atomic E-state index is 12.4. The molecule has 2 unspecified atom stereocenters. The summed E-state index contributed by atoms with van der Waals surface area (Å²) in [6, 6.07) is 17.6. The number of nitrogens with one attached hydrogen (secondary N) is 1. The van der Waals surface area contributed by atoms with E-state index in [1.165, 1.54) is 5.56 Å². The molecule has 1 aliphatic heterocycles. The molecule has 2 aromatic carbocycles. The minimum Gasteiger partial charge on any atom is -0.492 e. The van der Waals surface area contributed by atoms with Crippen LogP contribution < -0.4 is 10.1 Å². The zero-order valence-electron chi connectivity index (χ0n) is 15.9. The molecule has 2 heterocycles. The lowest BCUT2D eigenvalue weighted by Gasteiger charge is -2.09. The van der Waals surface area contributed by atoms with E-state index >= 15 is 0 Å². The van der Waals surface area contributed by atoms with Gasteiger partial charge in [-0.05, 0) is 23.8 Å². The molecular weight excluding hydrogens is 352 g/mol. The van der Waals surface area contributed by atoms with Gasteiger partial charge in [-0.25, -0.2) is 0 Å². The summed E-state index contributed by atoms with van der Waals surface area (Å²) in [7, 11) is 1.93. The Kier molecular flexibility index (Phi) is 5.39. The van der Waals surface area contributed by atoms with Crippen molar-refractivity contribution in [2.75, 3.05) is 13.2 Å². The predicted molar refractivity (Wildman–Crippen MR) is 107 cm³/mol. The Morgan fingerprint density at radius 2 is 2.04 bits per heavy atom. The quantitative estimate of drug-likeness (QED) is 0.614. The third kappa shape index (κ3) is 4.78. The first-order chi connectivity index (χ1) is 13.7. The number of rotatable bonds is 8. The number of carbonyl (C=O) groups is 1. The SMILES string of the molecule is Cn1cc(CN2CC2COc2cccc(C(=O)NCc3ccccc3)c2)cn1. The van der Waals surface area contributed by atoms with E-state index < -0.39 is 0 Å². The summed E-state index contributed by atoms with van der Waals surface area (Å²) in [5.41, 5.74) is 2.89. The highest BCUT2D eigenvalue weighted by molar-refractivity contribution is 5.94. The smallest absolute Gasteiger partial charge is 0.251 e. The van der Waals surface area contributed by atoms with Crippen LogP contribution in [0.15, 0.2) is 67.0 Å². The lowest BCUT2D eigenvalue weighted by atomic mass is 10.2. The fourth-order valence-corrected chi connectivity index (χ4v) is 3.16. The van der Waals surface area contributed by atoms with Gasteiger partial charge in [0.05, 0.1) is 12.2 Å². The number of benzene rings is 2. The van der Waals surface area contributed by atoms with Crippen molar-refractivity contribution in [1.29, 1.82) is 0 Å². The van der Waals surface area contributed by atoms with Crippen LogP contribution in [0.25, 0.3) is 0 Å². The Hall–Kier alpha value is -3.12. The zero-order chi connectivity index (χ0) is 19.3. The van der Waals surface area contributed by atoms with E-state index in [4.69, 9.17) is 4.74 Å². The highest BCUT2D eigenvalue weighted by Crippen LogP contribution is 2.22. The van der Waals surface area contributed by atoms with Crippen molar-refractivity contribution in [3.63, 3.8) is 0 Å². The normalized spacial score (nSPS) is 17.9. The van der Waals surface area contributed by atoms with Gasteiger partial charge in [0.25, 0.3) is 5.91 Å². The Morgan fingerprint density at radius 1 is 1.18 bits per heavy atom. The van der Waals surface area contributed by atoms with Gasteiger partial charge in [0.1, 0.15) is 12.4 Å². The zero-order valence-corrected chi connectivity index (χ0v) is 15.9. The van der Waals surface area contributed by atoms with E-state index in [2.05, 4.69) is 15.3 Å². The van der Waals surface area contributed by atoms with Gasteiger partial charge < -0.3 is 10.1 Å². The minimum absolute atomic E-state index is 0.0982. The van der Waals surface area contributed by atoms with Gasteiger partial charge in [-0.3, -0.25) is 14.4 Å². The van der Waals surface area contributed by atoms with Crippen molar-refractivity contribution in [3.8, 4) is 5.75 Å². The molecule has 6 heteroatoms. The molecule has 2 atom stereocenters. The maximum Gasteiger partial charge on any atom is 0.251 e. The van der Waals surface area contributed by atoms with Gasteiger partial charge in [-0.2, -0.15) is 5.10 Å². The molecule has 1 saturated heterocycles. The van der Waals surface area contributed by atoms with Crippen LogP contribution in [0.3, 0.4) is 0 Å². The van der Waals surface area contributed by atoms with Gasteiger partial charge in [0.2, 0.25) is 0 Å². The van der Waals surface area contributed by atoms with Crippen molar-refractivity contribution in [3.05, 3.63) is 83.7 Å². The van der Waals surface area contributed by atoms with Crippen LogP contribution in [0.4, 0.5) is 0 Å². The summed E-state index contributed by atoms with van der Waals surface area (Å²) in [6.07, 6.45) is 3.93. The molecule has 0 aliphatic carbocycles. The number of hydrogen-bond acceptors (Lipinski definition) is 4. The van der Waals surface area contributed by atoms with Crippen LogP contribution in [-0.4, -0.2) is 39.8 Å². The van der Waals surface area contributed by atoms with Crippen LogP contribution >= 0.6 is 0 Å². The highest BCUT2D eigenvalue weighted by atomic mass is 16.5. The molecule has 0 radical (unpaired) electrons. The highest BCUT2D eigenvalue weighted by Gasteiger charge is 2.34. The van der Waals surface area contributed by atoms with Gasteiger partial charge in [-0.15, -0.1) is 0 Å². The summed E-state index contributed by atoms with van der Waals surface area (Å²) < 4.78 is 7.73. The number of amides is 1. The molecule has 0 bridgehead atoms. The number of nitrogens with zero attached hydrogens (tertiary/aromatic N) is 3. The molecule has 0 saturated carbocycles. The van der Waals surface area contributed by atoms with Gasteiger partial charge in [0.15, 0.2) is 0 Å². The van der Waals surface area contributed by atoms with E-state index in [0.29, 0.717) is 24.8 Å². The maximum atomic E-state index is 12.4. The molecule has 28 heavy (non-hydrogen) atoms. The third-order valence-electron chi connectivity index (χ3n) is 4.81. The molecular formula is C22H24N4O2. The summed E-state index contributed by atoms with van der Waals surface area (Å²) in [6.45, 7) is 3.04. The summed E-state index contributed by atoms with van der Waals surface area (Å²) in [4.78, 5) is 14.7. The van der Waals surface area contributed by atoms with Gasteiger partial charge >= 0.3 is 0 Å². The van der Waals surface area contributed by atoms with Gasteiger partial charge in [-0.1, -0.05) is 36.4 Å². The molecule has 1 aromatic heterocycles. The fraction of sp³-hybridized carbons (Fsp3) is 0.273. The Balaban J connectivity index is 1.25.